The topological polar surface area (TPSA) is 75.4 Å². The van der Waals surface area contributed by atoms with Gasteiger partial charge >= 0.3 is 6.03 Å². The van der Waals surface area contributed by atoms with E-state index in [-0.39, 0.29) is 11.9 Å². The van der Waals surface area contributed by atoms with Gasteiger partial charge in [-0.3, -0.25) is 4.79 Å². The van der Waals surface area contributed by atoms with Gasteiger partial charge in [-0.15, -0.1) is 11.3 Å². The summed E-state index contributed by atoms with van der Waals surface area (Å²) < 4.78 is 0. The van der Waals surface area contributed by atoms with E-state index in [2.05, 4.69) is 5.32 Å². The number of piperidine rings is 1. The van der Waals surface area contributed by atoms with Crippen molar-refractivity contribution in [3.05, 3.63) is 21.9 Å². The predicted octanol–water partition coefficient (Wildman–Crippen LogP) is 1.72. The minimum atomic E-state index is -0.537. The molecule has 0 unspecified atom stereocenters. The molecule has 6 heteroatoms. The summed E-state index contributed by atoms with van der Waals surface area (Å²) in [6, 6.07) is 3.34. The molecule has 0 bridgehead atoms. The Kier molecular flexibility index (Phi) is 4.42. The lowest BCUT2D eigenvalue weighted by molar-refractivity contribution is 0.0620. The van der Waals surface area contributed by atoms with E-state index < -0.39 is 6.03 Å². The van der Waals surface area contributed by atoms with Crippen molar-refractivity contribution in [1.82, 2.24) is 10.2 Å². The molecule has 1 aromatic rings. The van der Waals surface area contributed by atoms with E-state index in [0.29, 0.717) is 6.54 Å². The van der Waals surface area contributed by atoms with E-state index in [4.69, 9.17) is 5.73 Å². The van der Waals surface area contributed by atoms with Gasteiger partial charge in [0.15, 0.2) is 0 Å². The highest BCUT2D eigenvalue weighted by atomic mass is 32.1. The molecule has 2 rings (SSSR count). The molecule has 104 valence electrons. The number of aryl methyl sites for hydroxylation is 1. The maximum atomic E-state index is 12.5. The Labute approximate surface area is 116 Å². The van der Waals surface area contributed by atoms with Crippen molar-refractivity contribution >= 4 is 23.3 Å². The van der Waals surface area contributed by atoms with E-state index in [9.17, 15) is 9.59 Å². The molecule has 0 aromatic carbocycles. The maximum Gasteiger partial charge on any atom is 0.312 e. The van der Waals surface area contributed by atoms with Gasteiger partial charge in [0, 0.05) is 24.0 Å². The Bertz CT molecular complexity index is 472. The van der Waals surface area contributed by atoms with Crippen LogP contribution >= 0.6 is 11.3 Å². The summed E-state index contributed by atoms with van der Waals surface area (Å²) in [5.41, 5.74) is 5.09. The third-order valence-corrected chi connectivity index (χ3v) is 4.34. The molecule has 1 aromatic heterocycles. The van der Waals surface area contributed by atoms with Crippen LogP contribution in [0, 0.1) is 6.92 Å². The first kappa shape index (κ1) is 13.9. The monoisotopic (exact) mass is 281 g/mol. The molecule has 0 spiro atoms. The maximum absolute atomic E-state index is 12.5. The van der Waals surface area contributed by atoms with Gasteiger partial charge in [-0.2, -0.15) is 0 Å². The second kappa shape index (κ2) is 6.06. The first-order valence-electron chi connectivity index (χ1n) is 6.48. The molecular formula is C13H19N3O2S. The molecule has 5 nitrogen and oxygen atoms in total. The molecule has 1 fully saturated rings. The summed E-state index contributed by atoms with van der Waals surface area (Å²) in [6.45, 7) is 3.18. The van der Waals surface area contributed by atoms with Crippen molar-refractivity contribution in [2.75, 3.05) is 13.1 Å². The number of urea groups is 1. The van der Waals surface area contributed by atoms with Crippen LogP contribution < -0.4 is 11.1 Å². The van der Waals surface area contributed by atoms with Crippen LogP contribution in [0.25, 0.3) is 0 Å². The Morgan fingerprint density at radius 3 is 2.89 bits per heavy atom. The fourth-order valence-corrected chi connectivity index (χ4v) is 3.21. The third-order valence-electron chi connectivity index (χ3n) is 3.35. The van der Waals surface area contributed by atoms with Crippen molar-refractivity contribution in [1.29, 1.82) is 0 Å². The predicted molar refractivity (Wildman–Crippen MR) is 75.3 cm³/mol. The highest BCUT2D eigenvalue weighted by Crippen LogP contribution is 2.23. The summed E-state index contributed by atoms with van der Waals surface area (Å²) in [4.78, 5) is 27.0. The molecule has 2 heterocycles. The zero-order chi connectivity index (χ0) is 13.8. The highest BCUT2D eigenvalue weighted by Gasteiger charge is 2.28. The van der Waals surface area contributed by atoms with Gasteiger partial charge < -0.3 is 16.0 Å². The van der Waals surface area contributed by atoms with Crippen molar-refractivity contribution < 1.29 is 9.59 Å². The Balaban J connectivity index is 2.06. The summed E-state index contributed by atoms with van der Waals surface area (Å²) in [6.07, 6.45) is 3.01. The number of likely N-dealkylation sites (tertiary alicyclic amines) is 1. The standard InChI is InChI=1S/C13H19N3O2S/c1-9-5-6-11(19-9)12(17)16-7-3-2-4-10(16)8-15-13(14)18/h5-6,10H,2-4,7-8H2,1H3,(H3,14,15,18)/t10-/m0/s1. The van der Waals surface area contributed by atoms with Crippen LogP contribution in [-0.4, -0.2) is 36.0 Å². The summed E-state index contributed by atoms with van der Waals surface area (Å²) >= 11 is 1.51. The lowest BCUT2D eigenvalue weighted by Crippen LogP contribution is -2.50. The summed E-state index contributed by atoms with van der Waals surface area (Å²) in [5.74, 6) is 0.0640. The number of hydrogen-bond donors (Lipinski definition) is 2. The summed E-state index contributed by atoms with van der Waals surface area (Å²) in [5, 5.41) is 2.61. The number of nitrogens with zero attached hydrogens (tertiary/aromatic N) is 1. The van der Waals surface area contributed by atoms with Gasteiger partial charge in [0.25, 0.3) is 5.91 Å². The number of carbonyl (C=O) groups excluding carboxylic acids is 2. The molecule has 0 aliphatic carbocycles. The molecular weight excluding hydrogens is 262 g/mol. The van der Waals surface area contributed by atoms with Crippen molar-refractivity contribution in [3.63, 3.8) is 0 Å². The second-order valence-electron chi connectivity index (χ2n) is 4.80. The number of carbonyl (C=O) groups is 2. The third kappa shape index (κ3) is 3.47. The number of nitrogens with one attached hydrogen (secondary N) is 1. The SMILES string of the molecule is Cc1ccc(C(=O)N2CCCC[C@H]2CNC(N)=O)s1. The minimum Gasteiger partial charge on any atom is -0.352 e. The molecule has 19 heavy (non-hydrogen) atoms. The molecule has 0 saturated carbocycles. The van der Waals surface area contributed by atoms with Gasteiger partial charge in [-0.25, -0.2) is 4.79 Å². The number of hydrogen-bond acceptors (Lipinski definition) is 3. The number of rotatable bonds is 3. The Hall–Kier alpha value is -1.56. The van der Waals surface area contributed by atoms with Gasteiger partial charge in [0.05, 0.1) is 4.88 Å². The normalized spacial score (nSPS) is 19.2. The van der Waals surface area contributed by atoms with E-state index in [1.54, 1.807) is 0 Å². The largest absolute Gasteiger partial charge is 0.352 e. The molecule has 3 N–H and O–H groups in total. The first-order chi connectivity index (χ1) is 9.08. The van der Waals surface area contributed by atoms with Gasteiger partial charge in [-0.05, 0) is 38.3 Å². The van der Waals surface area contributed by atoms with Gasteiger partial charge in [0.1, 0.15) is 0 Å². The smallest absolute Gasteiger partial charge is 0.312 e. The van der Waals surface area contributed by atoms with E-state index >= 15 is 0 Å². The number of primary amides is 1. The lowest BCUT2D eigenvalue weighted by Gasteiger charge is -2.35. The van der Waals surface area contributed by atoms with Crippen molar-refractivity contribution in [2.24, 2.45) is 5.73 Å². The number of nitrogens with two attached hydrogens (primary N) is 1. The molecule has 1 aliphatic rings. The van der Waals surface area contributed by atoms with E-state index in [1.165, 1.54) is 11.3 Å². The highest BCUT2D eigenvalue weighted by molar-refractivity contribution is 7.13. The molecule has 1 saturated heterocycles. The van der Waals surface area contributed by atoms with Crippen molar-refractivity contribution in [2.45, 2.75) is 32.2 Å². The number of thiophene rings is 1. The number of amides is 3. The zero-order valence-electron chi connectivity index (χ0n) is 11.0. The van der Waals surface area contributed by atoms with Crippen molar-refractivity contribution in [3.8, 4) is 0 Å². The molecule has 0 radical (unpaired) electrons. The van der Waals surface area contributed by atoms with Gasteiger partial charge in [-0.1, -0.05) is 0 Å². The van der Waals surface area contributed by atoms with Crippen LogP contribution in [-0.2, 0) is 0 Å². The fraction of sp³-hybridized carbons (Fsp3) is 0.538. The second-order valence-corrected chi connectivity index (χ2v) is 6.09. The minimum absolute atomic E-state index is 0.0520. The Morgan fingerprint density at radius 1 is 1.47 bits per heavy atom. The summed E-state index contributed by atoms with van der Waals surface area (Å²) in [7, 11) is 0. The first-order valence-corrected chi connectivity index (χ1v) is 7.30. The Morgan fingerprint density at radius 2 is 2.26 bits per heavy atom. The van der Waals surface area contributed by atoms with Crippen LogP contribution in [0.15, 0.2) is 12.1 Å². The van der Waals surface area contributed by atoms with Crippen LogP contribution in [0.5, 0.6) is 0 Å². The van der Waals surface area contributed by atoms with Crippen LogP contribution in [0.1, 0.15) is 33.8 Å². The average Bonchev–Trinajstić information content (AvgIpc) is 2.82. The average molecular weight is 281 g/mol. The van der Waals surface area contributed by atoms with Crippen LogP contribution in [0.3, 0.4) is 0 Å². The molecule has 1 atom stereocenters. The quantitative estimate of drug-likeness (QED) is 0.885. The van der Waals surface area contributed by atoms with Crippen LogP contribution in [0.4, 0.5) is 4.79 Å². The van der Waals surface area contributed by atoms with Gasteiger partial charge in [0.2, 0.25) is 0 Å². The lowest BCUT2D eigenvalue weighted by atomic mass is 10.0. The van der Waals surface area contributed by atoms with Crippen LogP contribution in [0.2, 0.25) is 0 Å². The zero-order valence-corrected chi connectivity index (χ0v) is 11.8. The fourth-order valence-electron chi connectivity index (χ4n) is 2.39. The van der Waals surface area contributed by atoms with E-state index in [0.717, 1.165) is 35.6 Å². The molecule has 1 aliphatic heterocycles. The molecule has 3 amide bonds. The van der Waals surface area contributed by atoms with E-state index in [1.807, 2.05) is 24.0 Å².